The molecular formula is C13H22Cl2N4O3S. The van der Waals surface area contributed by atoms with E-state index in [2.05, 4.69) is 4.98 Å². The molecule has 0 saturated carbocycles. The second-order valence-corrected chi connectivity index (χ2v) is 7.50. The van der Waals surface area contributed by atoms with Crippen LogP contribution in [-0.4, -0.2) is 50.1 Å². The number of sulfonamides is 1. The molecule has 23 heavy (non-hydrogen) atoms. The SMILES string of the molecule is Cl.NCCCOC1CCN(S(=O)(=O)c2cc(Cl)cnc2N)CC1. The third-order valence-corrected chi connectivity index (χ3v) is 5.70. The Kier molecular flexibility index (Phi) is 7.99. The van der Waals surface area contributed by atoms with E-state index >= 15 is 0 Å². The highest BCUT2D eigenvalue weighted by atomic mass is 35.5. The van der Waals surface area contributed by atoms with Crippen LogP contribution in [0.3, 0.4) is 0 Å². The minimum atomic E-state index is -3.68. The number of pyridine rings is 1. The molecule has 2 heterocycles. The molecule has 1 aromatic rings. The number of hydrogen-bond acceptors (Lipinski definition) is 6. The fraction of sp³-hybridized carbons (Fsp3) is 0.615. The molecule has 0 spiro atoms. The van der Waals surface area contributed by atoms with Crippen molar-refractivity contribution in [3.05, 3.63) is 17.3 Å². The van der Waals surface area contributed by atoms with Crippen LogP contribution in [0, 0.1) is 0 Å². The molecule has 1 aliphatic rings. The molecule has 0 amide bonds. The fourth-order valence-corrected chi connectivity index (χ4v) is 4.13. The van der Waals surface area contributed by atoms with Gasteiger partial charge in [-0.25, -0.2) is 13.4 Å². The normalized spacial score (nSPS) is 17.0. The Bertz CT molecular complexity index is 607. The van der Waals surface area contributed by atoms with E-state index in [0.29, 0.717) is 39.1 Å². The average Bonchev–Trinajstić information content (AvgIpc) is 2.50. The van der Waals surface area contributed by atoms with Crippen LogP contribution in [-0.2, 0) is 14.8 Å². The van der Waals surface area contributed by atoms with Crippen LogP contribution in [0.4, 0.5) is 5.82 Å². The molecule has 10 heteroatoms. The number of nitrogens with two attached hydrogens (primary N) is 2. The molecule has 1 aliphatic heterocycles. The Morgan fingerprint density at radius 2 is 2.04 bits per heavy atom. The highest BCUT2D eigenvalue weighted by Gasteiger charge is 2.31. The summed E-state index contributed by atoms with van der Waals surface area (Å²) < 4.78 is 32.3. The number of nitrogen functional groups attached to an aromatic ring is 1. The first kappa shape index (κ1) is 20.4. The van der Waals surface area contributed by atoms with Crippen molar-refractivity contribution in [2.45, 2.75) is 30.3 Å². The van der Waals surface area contributed by atoms with Crippen LogP contribution >= 0.6 is 24.0 Å². The van der Waals surface area contributed by atoms with Crippen molar-refractivity contribution >= 4 is 39.8 Å². The minimum Gasteiger partial charge on any atom is -0.383 e. The van der Waals surface area contributed by atoms with Gasteiger partial charge in [-0.05, 0) is 31.9 Å². The van der Waals surface area contributed by atoms with E-state index < -0.39 is 10.0 Å². The van der Waals surface area contributed by atoms with Crippen molar-refractivity contribution in [3.63, 3.8) is 0 Å². The summed E-state index contributed by atoms with van der Waals surface area (Å²) in [5, 5.41) is 0.243. The molecule has 0 bridgehead atoms. The summed E-state index contributed by atoms with van der Waals surface area (Å²) >= 11 is 5.82. The first-order valence-corrected chi connectivity index (χ1v) is 9.00. The zero-order valence-electron chi connectivity index (χ0n) is 12.7. The third-order valence-electron chi connectivity index (χ3n) is 3.57. The van der Waals surface area contributed by atoms with Crippen molar-refractivity contribution in [1.29, 1.82) is 0 Å². The predicted octanol–water partition coefficient (Wildman–Crippen LogP) is 1.26. The van der Waals surface area contributed by atoms with E-state index in [1.807, 2.05) is 0 Å². The summed E-state index contributed by atoms with van der Waals surface area (Å²) in [5.41, 5.74) is 11.1. The highest BCUT2D eigenvalue weighted by Crippen LogP contribution is 2.26. The summed E-state index contributed by atoms with van der Waals surface area (Å²) in [7, 11) is -3.68. The summed E-state index contributed by atoms with van der Waals surface area (Å²) in [6.07, 6.45) is 3.51. The fourth-order valence-electron chi connectivity index (χ4n) is 2.35. The van der Waals surface area contributed by atoms with Gasteiger partial charge in [0, 0.05) is 25.9 Å². The quantitative estimate of drug-likeness (QED) is 0.713. The van der Waals surface area contributed by atoms with Gasteiger partial charge in [0.2, 0.25) is 10.0 Å². The van der Waals surface area contributed by atoms with E-state index in [-0.39, 0.29) is 34.2 Å². The number of hydrogen-bond donors (Lipinski definition) is 2. The first-order chi connectivity index (χ1) is 10.4. The lowest BCUT2D eigenvalue weighted by Crippen LogP contribution is -2.41. The Morgan fingerprint density at radius 3 is 2.65 bits per heavy atom. The Labute approximate surface area is 147 Å². The van der Waals surface area contributed by atoms with Gasteiger partial charge in [-0.1, -0.05) is 11.6 Å². The van der Waals surface area contributed by atoms with Crippen LogP contribution in [0.25, 0.3) is 0 Å². The van der Waals surface area contributed by atoms with Crippen LogP contribution in [0.5, 0.6) is 0 Å². The lowest BCUT2D eigenvalue weighted by molar-refractivity contribution is 0.0209. The van der Waals surface area contributed by atoms with Crippen molar-refractivity contribution in [2.24, 2.45) is 5.73 Å². The third kappa shape index (κ3) is 5.17. The zero-order chi connectivity index (χ0) is 16.2. The maximum absolute atomic E-state index is 12.6. The van der Waals surface area contributed by atoms with Crippen molar-refractivity contribution < 1.29 is 13.2 Å². The second kappa shape index (κ2) is 9.00. The van der Waals surface area contributed by atoms with Crippen molar-refractivity contribution in [3.8, 4) is 0 Å². The molecule has 0 atom stereocenters. The van der Waals surface area contributed by atoms with Crippen LogP contribution < -0.4 is 11.5 Å². The lowest BCUT2D eigenvalue weighted by Gasteiger charge is -2.31. The van der Waals surface area contributed by atoms with E-state index in [1.54, 1.807) is 0 Å². The molecule has 1 fully saturated rings. The standard InChI is InChI=1S/C13H21ClN4O3S.ClH/c14-10-8-12(13(16)17-9-10)22(19,20)18-5-2-11(3-6-18)21-7-1-4-15;/h8-9,11H,1-7,15H2,(H2,16,17);1H. The summed E-state index contributed by atoms with van der Waals surface area (Å²) in [4.78, 5) is 3.77. The van der Waals surface area contributed by atoms with Crippen LogP contribution in [0.15, 0.2) is 17.2 Å². The molecule has 0 radical (unpaired) electrons. The topological polar surface area (TPSA) is 112 Å². The van der Waals surface area contributed by atoms with Crippen molar-refractivity contribution in [2.75, 3.05) is 32.0 Å². The smallest absolute Gasteiger partial charge is 0.246 e. The van der Waals surface area contributed by atoms with Gasteiger partial charge in [0.05, 0.1) is 11.1 Å². The van der Waals surface area contributed by atoms with E-state index in [1.165, 1.54) is 16.6 Å². The summed E-state index contributed by atoms with van der Waals surface area (Å²) in [5.74, 6) is -0.0364. The van der Waals surface area contributed by atoms with Gasteiger partial charge in [-0.2, -0.15) is 4.31 Å². The van der Waals surface area contributed by atoms with Crippen molar-refractivity contribution in [1.82, 2.24) is 9.29 Å². The second-order valence-electron chi connectivity index (χ2n) is 5.15. The molecule has 7 nitrogen and oxygen atoms in total. The van der Waals surface area contributed by atoms with Gasteiger partial charge in [-0.3, -0.25) is 0 Å². The number of rotatable bonds is 6. The van der Waals surface area contributed by atoms with E-state index in [9.17, 15) is 8.42 Å². The molecule has 0 aliphatic carbocycles. The summed E-state index contributed by atoms with van der Waals surface area (Å²) in [6, 6.07) is 1.34. The lowest BCUT2D eigenvalue weighted by atomic mass is 10.1. The Hall–Kier alpha value is -0.640. The van der Waals surface area contributed by atoms with Gasteiger partial charge in [-0.15, -0.1) is 12.4 Å². The average molecular weight is 385 g/mol. The number of nitrogens with zero attached hydrogens (tertiary/aromatic N) is 2. The van der Waals surface area contributed by atoms with Gasteiger partial charge in [0.1, 0.15) is 10.7 Å². The molecule has 4 N–H and O–H groups in total. The van der Waals surface area contributed by atoms with Crippen LogP contribution in [0.1, 0.15) is 19.3 Å². The molecular weight excluding hydrogens is 363 g/mol. The van der Waals surface area contributed by atoms with Gasteiger partial charge >= 0.3 is 0 Å². The number of halogens is 2. The van der Waals surface area contributed by atoms with Gasteiger partial charge < -0.3 is 16.2 Å². The molecule has 1 saturated heterocycles. The number of anilines is 1. The molecule has 132 valence electrons. The molecule has 1 aromatic heterocycles. The number of aromatic nitrogens is 1. The predicted molar refractivity (Wildman–Crippen MR) is 92.3 cm³/mol. The van der Waals surface area contributed by atoms with E-state index in [0.717, 1.165) is 6.42 Å². The Morgan fingerprint density at radius 1 is 1.39 bits per heavy atom. The number of piperidine rings is 1. The largest absolute Gasteiger partial charge is 0.383 e. The first-order valence-electron chi connectivity index (χ1n) is 7.18. The molecule has 0 aromatic carbocycles. The molecule has 0 unspecified atom stereocenters. The zero-order valence-corrected chi connectivity index (χ0v) is 15.0. The maximum atomic E-state index is 12.6. The monoisotopic (exact) mass is 384 g/mol. The summed E-state index contributed by atoms with van der Waals surface area (Å²) in [6.45, 7) is 1.98. The highest BCUT2D eigenvalue weighted by molar-refractivity contribution is 7.89. The minimum absolute atomic E-state index is 0. The maximum Gasteiger partial charge on any atom is 0.246 e. The van der Waals surface area contributed by atoms with E-state index in [4.69, 9.17) is 27.8 Å². The van der Waals surface area contributed by atoms with Gasteiger partial charge in [0.25, 0.3) is 0 Å². The Balaban J connectivity index is 0.00000264. The van der Waals surface area contributed by atoms with Gasteiger partial charge in [0.15, 0.2) is 0 Å². The van der Waals surface area contributed by atoms with Crippen LogP contribution in [0.2, 0.25) is 5.02 Å². The number of ether oxygens (including phenoxy) is 1. The molecule has 2 rings (SSSR count).